The van der Waals surface area contributed by atoms with Gasteiger partial charge in [-0.2, -0.15) is 0 Å². The molecule has 0 aliphatic heterocycles. The molecule has 18 heavy (non-hydrogen) atoms. The third kappa shape index (κ3) is 2.95. The number of rotatable bonds is 5. The summed E-state index contributed by atoms with van der Waals surface area (Å²) >= 11 is 0. The Morgan fingerprint density at radius 3 is 2.61 bits per heavy atom. The average molecular weight is 246 g/mol. The lowest BCUT2D eigenvalue weighted by atomic mass is 10.2. The van der Waals surface area contributed by atoms with Gasteiger partial charge < -0.3 is 14.6 Å². The standard InChI is InChI=1S/C13H14N2O3/c1-17-11-4-3-10(8-16)7-12(11)18-9-13-14-5-2-6-15-13/h2-7,16H,8-9H2,1H3. The topological polar surface area (TPSA) is 64.5 Å². The van der Waals surface area contributed by atoms with E-state index in [1.807, 2.05) is 0 Å². The Hall–Kier alpha value is -2.14. The summed E-state index contributed by atoms with van der Waals surface area (Å²) in [5.74, 6) is 1.77. The lowest BCUT2D eigenvalue weighted by Gasteiger charge is -2.11. The molecular formula is C13H14N2O3. The molecule has 94 valence electrons. The molecule has 0 saturated carbocycles. The van der Waals surface area contributed by atoms with Crippen molar-refractivity contribution in [3.05, 3.63) is 48.0 Å². The first-order chi connectivity index (χ1) is 8.83. The largest absolute Gasteiger partial charge is 0.493 e. The highest BCUT2D eigenvalue weighted by Gasteiger charge is 2.06. The maximum absolute atomic E-state index is 9.09. The number of hydrogen-bond donors (Lipinski definition) is 1. The molecule has 5 heteroatoms. The molecule has 1 aromatic carbocycles. The number of ether oxygens (including phenoxy) is 2. The summed E-state index contributed by atoms with van der Waals surface area (Å²) in [5.41, 5.74) is 0.764. The van der Waals surface area contributed by atoms with Crippen molar-refractivity contribution in [2.45, 2.75) is 13.2 Å². The Morgan fingerprint density at radius 1 is 1.17 bits per heavy atom. The van der Waals surface area contributed by atoms with Crippen molar-refractivity contribution in [3.63, 3.8) is 0 Å². The van der Waals surface area contributed by atoms with Gasteiger partial charge in [0.15, 0.2) is 17.3 Å². The highest BCUT2D eigenvalue weighted by Crippen LogP contribution is 2.28. The molecule has 2 aromatic rings. The van der Waals surface area contributed by atoms with E-state index in [4.69, 9.17) is 14.6 Å². The van der Waals surface area contributed by atoms with Gasteiger partial charge in [-0.1, -0.05) is 6.07 Å². The van der Waals surface area contributed by atoms with Crippen molar-refractivity contribution in [2.75, 3.05) is 7.11 Å². The van der Waals surface area contributed by atoms with Gasteiger partial charge in [-0.15, -0.1) is 0 Å². The third-order valence-corrected chi connectivity index (χ3v) is 2.39. The Labute approximate surface area is 105 Å². The van der Waals surface area contributed by atoms with Gasteiger partial charge in [0.25, 0.3) is 0 Å². The van der Waals surface area contributed by atoms with Crippen LogP contribution in [-0.4, -0.2) is 22.2 Å². The molecule has 0 aliphatic carbocycles. The molecule has 0 fully saturated rings. The summed E-state index contributed by atoms with van der Waals surface area (Å²) < 4.78 is 10.8. The molecule has 5 nitrogen and oxygen atoms in total. The van der Waals surface area contributed by atoms with Crippen molar-refractivity contribution in [1.29, 1.82) is 0 Å². The first kappa shape index (κ1) is 12.3. The summed E-state index contributed by atoms with van der Waals surface area (Å²) in [7, 11) is 1.57. The molecule has 1 heterocycles. The maximum Gasteiger partial charge on any atom is 0.166 e. The average Bonchev–Trinajstić information content (AvgIpc) is 2.45. The van der Waals surface area contributed by atoms with Crippen molar-refractivity contribution in [2.24, 2.45) is 0 Å². The van der Waals surface area contributed by atoms with Crippen LogP contribution in [0.4, 0.5) is 0 Å². The van der Waals surface area contributed by atoms with Gasteiger partial charge in [-0.25, -0.2) is 9.97 Å². The minimum atomic E-state index is -0.0395. The van der Waals surface area contributed by atoms with E-state index >= 15 is 0 Å². The summed E-state index contributed by atoms with van der Waals surface area (Å²) in [6, 6.07) is 7.02. The zero-order chi connectivity index (χ0) is 12.8. The van der Waals surface area contributed by atoms with Gasteiger partial charge >= 0.3 is 0 Å². The molecule has 0 unspecified atom stereocenters. The number of methoxy groups -OCH3 is 1. The fraction of sp³-hybridized carbons (Fsp3) is 0.231. The summed E-state index contributed by atoms with van der Waals surface area (Å²) in [5, 5.41) is 9.09. The number of benzene rings is 1. The second-order valence-electron chi connectivity index (χ2n) is 3.60. The Bertz CT molecular complexity index is 503. The molecule has 0 amide bonds. The van der Waals surface area contributed by atoms with E-state index in [0.717, 1.165) is 5.56 Å². The van der Waals surface area contributed by atoms with E-state index in [2.05, 4.69) is 9.97 Å². The second kappa shape index (κ2) is 5.97. The van der Waals surface area contributed by atoms with Gasteiger partial charge in [0, 0.05) is 12.4 Å². The smallest absolute Gasteiger partial charge is 0.166 e. The van der Waals surface area contributed by atoms with E-state index in [1.54, 1.807) is 43.8 Å². The predicted octanol–water partition coefficient (Wildman–Crippen LogP) is 1.56. The Kier molecular flexibility index (Phi) is 4.09. The van der Waals surface area contributed by atoms with Gasteiger partial charge in [0.1, 0.15) is 6.61 Å². The molecule has 0 bridgehead atoms. The number of nitrogens with zero attached hydrogens (tertiary/aromatic N) is 2. The van der Waals surface area contributed by atoms with Crippen LogP contribution in [0.2, 0.25) is 0 Å². The molecule has 1 N–H and O–H groups in total. The molecule has 0 aliphatic rings. The summed E-state index contributed by atoms with van der Waals surface area (Å²) in [4.78, 5) is 8.13. The zero-order valence-corrected chi connectivity index (χ0v) is 10.0. The van der Waals surface area contributed by atoms with E-state index in [9.17, 15) is 0 Å². The number of aliphatic hydroxyl groups is 1. The van der Waals surface area contributed by atoms with E-state index in [-0.39, 0.29) is 13.2 Å². The third-order valence-electron chi connectivity index (χ3n) is 2.39. The summed E-state index contributed by atoms with van der Waals surface area (Å²) in [6.07, 6.45) is 3.32. The molecule has 0 radical (unpaired) electrons. The molecule has 0 spiro atoms. The fourth-order valence-corrected chi connectivity index (χ4v) is 1.48. The summed E-state index contributed by atoms with van der Waals surface area (Å²) in [6.45, 7) is 0.217. The molecule has 0 saturated heterocycles. The van der Waals surface area contributed by atoms with Crippen molar-refractivity contribution < 1.29 is 14.6 Å². The van der Waals surface area contributed by atoms with Crippen LogP contribution < -0.4 is 9.47 Å². The zero-order valence-electron chi connectivity index (χ0n) is 10.0. The van der Waals surface area contributed by atoms with Crippen LogP contribution in [0.3, 0.4) is 0 Å². The van der Waals surface area contributed by atoms with Crippen LogP contribution in [0.15, 0.2) is 36.7 Å². The van der Waals surface area contributed by atoms with E-state index in [1.165, 1.54) is 0 Å². The monoisotopic (exact) mass is 246 g/mol. The van der Waals surface area contributed by atoms with Crippen LogP contribution in [0.1, 0.15) is 11.4 Å². The van der Waals surface area contributed by atoms with Crippen molar-refractivity contribution in [1.82, 2.24) is 9.97 Å². The highest BCUT2D eigenvalue weighted by molar-refractivity contribution is 5.42. The van der Waals surface area contributed by atoms with Crippen LogP contribution in [-0.2, 0) is 13.2 Å². The molecular weight excluding hydrogens is 232 g/mol. The highest BCUT2D eigenvalue weighted by atomic mass is 16.5. The number of aromatic nitrogens is 2. The van der Waals surface area contributed by atoms with Crippen LogP contribution >= 0.6 is 0 Å². The first-order valence-corrected chi connectivity index (χ1v) is 5.50. The minimum Gasteiger partial charge on any atom is -0.493 e. The van der Waals surface area contributed by atoms with Crippen LogP contribution in [0.5, 0.6) is 11.5 Å². The van der Waals surface area contributed by atoms with E-state index in [0.29, 0.717) is 17.3 Å². The molecule has 1 aromatic heterocycles. The van der Waals surface area contributed by atoms with Gasteiger partial charge in [-0.05, 0) is 23.8 Å². The first-order valence-electron chi connectivity index (χ1n) is 5.50. The van der Waals surface area contributed by atoms with Gasteiger partial charge in [0.05, 0.1) is 13.7 Å². The number of aliphatic hydroxyl groups excluding tert-OH is 1. The molecule has 0 atom stereocenters. The SMILES string of the molecule is COc1ccc(CO)cc1OCc1ncccn1. The normalized spacial score (nSPS) is 10.1. The van der Waals surface area contributed by atoms with Crippen molar-refractivity contribution in [3.8, 4) is 11.5 Å². The van der Waals surface area contributed by atoms with Gasteiger partial charge in [0.2, 0.25) is 0 Å². The Balaban J connectivity index is 2.12. The minimum absolute atomic E-state index is 0.0395. The van der Waals surface area contributed by atoms with Gasteiger partial charge in [-0.3, -0.25) is 0 Å². The fourth-order valence-electron chi connectivity index (χ4n) is 1.48. The lowest BCUT2D eigenvalue weighted by molar-refractivity contribution is 0.267. The predicted molar refractivity (Wildman–Crippen MR) is 65.3 cm³/mol. The Morgan fingerprint density at radius 2 is 1.94 bits per heavy atom. The maximum atomic E-state index is 9.09. The quantitative estimate of drug-likeness (QED) is 0.867. The van der Waals surface area contributed by atoms with E-state index < -0.39 is 0 Å². The lowest BCUT2D eigenvalue weighted by Crippen LogP contribution is -2.02. The van der Waals surface area contributed by atoms with Crippen LogP contribution in [0.25, 0.3) is 0 Å². The second-order valence-corrected chi connectivity index (χ2v) is 3.60. The number of hydrogen-bond acceptors (Lipinski definition) is 5. The van der Waals surface area contributed by atoms with Crippen molar-refractivity contribution >= 4 is 0 Å². The van der Waals surface area contributed by atoms with Crippen LogP contribution in [0, 0.1) is 0 Å². The molecule has 2 rings (SSSR count).